The average molecular weight is 448 g/mol. The van der Waals surface area contributed by atoms with Crippen LogP contribution in [0, 0.1) is 0 Å². The number of hydrogen-bond acceptors (Lipinski definition) is 0. The Morgan fingerprint density at radius 1 is 0.594 bits per heavy atom. The fourth-order valence-electron chi connectivity index (χ4n) is 4.96. The second kappa shape index (κ2) is 20.8. The van der Waals surface area contributed by atoms with Crippen LogP contribution in [-0.4, -0.2) is 4.57 Å². The van der Waals surface area contributed by atoms with Gasteiger partial charge in [0.2, 0.25) is 0 Å². The maximum atomic E-state index is 2.56. The molecule has 1 aromatic rings. The maximum Gasteiger partial charge on any atom is 0.256 e. The molecule has 1 rings (SSSR count). The average Bonchev–Trinajstić information content (AvgIpc) is 3.19. The monoisotopic (exact) mass is 447 g/mol. The Balaban J connectivity index is 2.10. The highest BCUT2D eigenvalue weighted by Gasteiger charge is 2.18. The number of aryl methyl sites for hydroxylation is 1. The summed E-state index contributed by atoms with van der Waals surface area (Å²) < 4.78 is 5.07. The Kier molecular flexibility index (Phi) is 19.0. The molecule has 0 aliphatic heterocycles. The maximum absolute atomic E-state index is 2.56. The van der Waals surface area contributed by atoms with Gasteiger partial charge in [-0.25, -0.2) is 9.13 Å². The van der Waals surface area contributed by atoms with E-state index in [2.05, 4.69) is 49.2 Å². The Morgan fingerprint density at radius 3 is 1.44 bits per heavy atom. The van der Waals surface area contributed by atoms with Crippen LogP contribution in [0.1, 0.15) is 168 Å². The Morgan fingerprint density at radius 2 is 1.00 bits per heavy atom. The molecule has 0 spiro atoms. The Bertz CT molecular complexity index is 517. The van der Waals surface area contributed by atoms with Gasteiger partial charge >= 0.3 is 0 Å². The first kappa shape index (κ1) is 29.2. The zero-order valence-electron chi connectivity index (χ0n) is 22.7. The van der Waals surface area contributed by atoms with E-state index in [0.29, 0.717) is 6.04 Å². The largest absolute Gasteiger partial charge is 0.256 e. The molecule has 0 fully saturated rings. The third kappa shape index (κ3) is 14.4. The van der Waals surface area contributed by atoms with E-state index in [-0.39, 0.29) is 0 Å². The number of hydrogen-bond donors (Lipinski definition) is 0. The number of aromatic nitrogens is 2. The van der Waals surface area contributed by atoms with E-state index >= 15 is 0 Å². The number of imidazole rings is 1. The molecule has 0 atom stereocenters. The highest BCUT2D eigenvalue weighted by atomic mass is 15.2. The van der Waals surface area contributed by atoms with E-state index in [1.807, 2.05) is 0 Å². The smallest absolute Gasteiger partial charge is 0.234 e. The Labute approximate surface area is 202 Å². The summed E-state index contributed by atoms with van der Waals surface area (Å²) in [5.41, 5.74) is 0. The van der Waals surface area contributed by atoms with Gasteiger partial charge in [-0.2, -0.15) is 0 Å². The zero-order chi connectivity index (χ0) is 23.3. The van der Waals surface area contributed by atoms with E-state index in [1.165, 1.54) is 141 Å². The molecule has 0 saturated carbocycles. The second-order valence-electron chi connectivity index (χ2n) is 10.5. The highest BCUT2D eigenvalue weighted by Crippen LogP contribution is 2.14. The molecule has 0 N–H and O–H groups in total. The molecule has 0 amide bonds. The van der Waals surface area contributed by atoms with Crippen molar-refractivity contribution in [1.29, 1.82) is 0 Å². The molecule has 0 radical (unpaired) electrons. The lowest BCUT2D eigenvalue weighted by Crippen LogP contribution is -2.37. The van der Waals surface area contributed by atoms with Gasteiger partial charge in [-0.1, -0.05) is 123 Å². The summed E-state index contributed by atoms with van der Waals surface area (Å²) in [6.45, 7) is 10.5. The molecule has 0 saturated heterocycles. The van der Waals surface area contributed by atoms with E-state index in [0.717, 1.165) is 0 Å². The first-order valence-electron chi connectivity index (χ1n) is 14.8. The van der Waals surface area contributed by atoms with Crippen molar-refractivity contribution in [2.45, 2.75) is 175 Å². The molecule has 0 aliphatic rings. The summed E-state index contributed by atoms with van der Waals surface area (Å²) in [5.74, 6) is 1.56. The van der Waals surface area contributed by atoms with Crippen molar-refractivity contribution in [3.63, 3.8) is 0 Å². The van der Waals surface area contributed by atoms with Gasteiger partial charge in [0.1, 0.15) is 12.4 Å². The SMILES string of the molecule is CCCCCCCCCCCCCCCC[n+]1ccn(C(C)C)c1CCCCCCCC. The summed E-state index contributed by atoms with van der Waals surface area (Å²) >= 11 is 0. The predicted octanol–water partition coefficient (Wildman–Crippen LogP) is 9.74. The lowest BCUT2D eigenvalue weighted by atomic mass is 10.0. The molecule has 2 heteroatoms. The lowest BCUT2D eigenvalue weighted by Gasteiger charge is -2.08. The fraction of sp³-hybridized carbons (Fsp3) is 0.900. The van der Waals surface area contributed by atoms with Crippen LogP contribution in [0.15, 0.2) is 12.4 Å². The van der Waals surface area contributed by atoms with Crippen molar-refractivity contribution in [1.82, 2.24) is 4.57 Å². The van der Waals surface area contributed by atoms with Gasteiger partial charge in [-0.05, 0) is 33.1 Å². The fourth-order valence-corrected chi connectivity index (χ4v) is 4.96. The molecule has 0 aliphatic carbocycles. The van der Waals surface area contributed by atoms with Gasteiger partial charge in [-0.15, -0.1) is 0 Å². The van der Waals surface area contributed by atoms with Gasteiger partial charge in [0.05, 0.1) is 12.6 Å². The minimum atomic E-state index is 0.572. The van der Waals surface area contributed by atoms with Gasteiger partial charge in [0.15, 0.2) is 0 Å². The molecule has 32 heavy (non-hydrogen) atoms. The first-order chi connectivity index (χ1) is 15.7. The topological polar surface area (TPSA) is 8.81 Å². The predicted molar refractivity (Wildman–Crippen MR) is 142 cm³/mol. The third-order valence-electron chi connectivity index (χ3n) is 7.10. The van der Waals surface area contributed by atoms with Gasteiger partial charge in [-0.3, -0.25) is 0 Å². The standard InChI is InChI=1S/C30H59N2/c1-5-7-9-11-13-14-15-16-17-18-19-20-22-24-26-31-27-28-32(29(3)4)30(31)25-23-21-12-10-8-6-2/h27-29H,5-26H2,1-4H3/q+1. The van der Waals surface area contributed by atoms with Crippen LogP contribution in [0.2, 0.25) is 0 Å². The van der Waals surface area contributed by atoms with Crippen molar-refractivity contribution in [2.75, 3.05) is 0 Å². The molecule has 0 bridgehead atoms. The van der Waals surface area contributed by atoms with Gasteiger partial charge in [0.25, 0.3) is 5.82 Å². The van der Waals surface area contributed by atoms with Gasteiger partial charge < -0.3 is 0 Å². The van der Waals surface area contributed by atoms with Crippen molar-refractivity contribution in [3.8, 4) is 0 Å². The summed E-state index contributed by atoms with van der Waals surface area (Å²) in [4.78, 5) is 0. The zero-order valence-corrected chi connectivity index (χ0v) is 22.7. The molecule has 188 valence electrons. The van der Waals surface area contributed by atoms with Crippen LogP contribution in [-0.2, 0) is 13.0 Å². The number of unbranched alkanes of at least 4 members (excludes halogenated alkanes) is 18. The summed E-state index contributed by atoms with van der Waals surface area (Å²) in [7, 11) is 0. The highest BCUT2D eigenvalue weighted by molar-refractivity contribution is 4.86. The summed E-state index contributed by atoms with van der Waals surface area (Å²) in [5, 5.41) is 0. The van der Waals surface area contributed by atoms with E-state index < -0.39 is 0 Å². The van der Waals surface area contributed by atoms with E-state index in [9.17, 15) is 0 Å². The quantitative estimate of drug-likeness (QED) is 0.117. The van der Waals surface area contributed by atoms with Crippen LogP contribution in [0.4, 0.5) is 0 Å². The first-order valence-corrected chi connectivity index (χ1v) is 14.8. The number of rotatable bonds is 23. The third-order valence-corrected chi connectivity index (χ3v) is 7.10. The van der Waals surface area contributed by atoms with Crippen LogP contribution >= 0.6 is 0 Å². The molecule has 2 nitrogen and oxygen atoms in total. The lowest BCUT2D eigenvalue weighted by molar-refractivity contribution is -0.704. The number of nitrogens with zero attached hydrogens (tertiary/aromatic N) is 2. The molecular weight excluding hydrogens is 388 g/mol. The minimum Gasteiger partial charge on any atom is -0.234 e. The van der Waals surface area contributed by atoms with Crippen LogP contribution in [0.3, 0.4) is 0 Å². The molecule has 0 unspecified atom stereocenters. The molecular formula is C30H59N2+. The van der Waals surface area contributed by atoms with Crippen molar-refractivity contribution in [2.24, 2.45) is 0 Å². The van der Waals surface area contributed by atoms with Crippen LogP contribution in [0.25, 0.3) is 0 Å². The molecule has 1 aromatic heterocycles. The van der Waals surface area contributed by atoms with Crippen molar-refractivity contribution < 1.29 is 4.57 Å². The molecule has 1 heterocycles. The van der Waals surface area contributed by atoms with Crippen molar-refractivity contribution >= 4 is 0 Å². The minimum absolute atomic E-state index is 0.572. The van der Waals surface area contributed by atoms with Crippen molar-refractivity contribution in [3.05, 3.63) is 18.2 Å². The summed E-state index contributed by atoms with van der Waals surface area (Å²) in [6, 6.07) is 0.572. The second-order valence-corrected chi connectivity index (χ2v) is 10.5. The Hall–Kier alpha value is -0.790. The van der Waals surface area contributed by atoms with Gasteiger partial charge in [0, 0.05) is 6.42 Å². The van der Waals surface area contributed by atoms with Crippen LogP contribution in [0.5, 0.6) is 0 Å². The van der Waals surface area contributed by atoms with E-state index in [4.69, 9.17) is 0 Å². The van der Waals surface area contributed by atoms with E-state index in [1.54, 1.807) is 5.82 Å². The summed E-state index contributed by atoms with van der Waals surface area (Å²) in [6.07, 6.45) is 34.3. The van der Waals surface area contributed by atoms with Crippen LogP contribution < -0.4 is 4.57 Å². The molecule has 0 aromatic carbocycles. The normalized spacial score (nSPS) is 11.7.